The molecule has 0 atom stereocenters. The minimum Gasteiger partial charge on any atom is -0.453 e. The number of aromatic nitrogens is 4. The third kappa shape index (κ3) is 2.69. The summed E-state index contributed by atoms with van der Waals surface area (Å²) >= 11 is 0. The van der Waals surface area contributed by atoms with Crippen molar-refractivity contribution in [2.24, 2.45) is 0 Å². The number of likely N-dealkylation sites (tertiary alicyclic amines) is 1. The quantitative estimate of drug-likeness (QED) is 0.736. The maximum atomic E-state index is 12.3. The van der Waals surface area contributed by atoms with Crippen LogP contribution in [0.4, 0.5) is 10.7 Å². The molecule has 1 aliphatic rings. The molecule has 128 valence electrons. The number of H-pyrrole nitrogens is 1. The molecule has 2 N–H and O–H groups in total. The smallest absolute Gasteiger partial charge is 0.409 e. The summed E-state index contributed by atoms with van der Waals surface area (Å²) in [6, 6.07) is 9.49. The van der Waals surface area contributed by atoms with Crippen LogP contribution < -0.4 is 10.9 Å². The normalized spacial score (nSPS) is 14.4. The summed E-state index contributed by atoms with van der Waals surface area (Å²) in [4.78, 5) is 32.4. The lowest BCUT2D eigenvalue weighted by Gasteiger charge is -2.38. The molecular formula is C16H16N6O3. The van der Waals surface area contributed by atoms with Crippen molar-refractivity contribution < 1.29 is 9.53 Å². The van der Waals surface area contributed by atoms with Gasteiger partial charge >= 0.3 is 6.09 Å². The van der Waals surface area contributed by atoms with Crippen molar-refractivity contribution in [2.75, 3.05) is 25.5 Å². The first-order chi connectivity index (χ1) is 12.2. The summed E-state index contributed by atoms with van der Waals surface area (Å²) in [5, 5.41) is 7.81. The van der Waals surface area contributed by atoms with E-state index in [2.05, 4.69) is 25.1 Å². The number of benzene rings is 1. The van der Waals surface area contributed by atoms with E-state index >= 15 is 0 Å². The molecule has 9 nitrogen and oxygen atoms in total. The van der Waals surface area contributed by atoms with Crippen LogP contribution >= 0.6 is 0 Å². The van der Waals surface area contributed by atoms with Gasteiger partial charge in [0.25, 0.3) is 5.56 Å². The van der Waals surface area contributed by atoms with Crippen LogP contribution in [0.25, 0.3) is 16.7 Å². The molecule has 1 amide bonds. The second-order valence-electron chi connectivity index (χ2n) is 5.76. The zero-order chi connectivity index (χ0) is 17.4. The fraction of sp³-hybridized carbons (Fsp3) is 0.250. The largest absolute Gasteiger partial charge is 0.453 e. The lowest BCUT2D eigenvalue weighted by molar-refractivity contribution is 0.0928. The van der Waals surface area contributed by atoms with Crippen molar-refractivity contribution in [1.29, 1.82) is 0 Å². The number of para-hydroxylation sites is 1. The fourth-order valence-electron chi connectivity index (χ4n) is 2.79. The summed E-state index contributed by atoms with van der Waals surface area (Å²) in [5.41, 5.74) is 1.03. The number of aromatic amines is 1. The van der Waals surface area contributed by atoms with Crippen molar-refractivity contribution in [3.8, 4) is 5.69 Å². The average molecular weight is 340 g/mol. The molecule has 1 fully saturated rings. The van der Waals surface area contributed by atoms with Gasteiger partial charge in [-0.3, -0.25) is 9.78 Å². The number of hydrogen-bond donors (Lipinski definition) is 2. The van der Waals surface area contributed by atoms with E-state index in [4.69, 9.17) is 0 Å². The molecule has 9 heteroatoms. The highest BCUT2D eigenvalue weighted by Crippen LogP contribution is 2.17. The van der Waals surface area contributed by atoms with Crippen LogP contribution in [-0.2, 0) is 4.74 Å². The molecule has 0 bridgehead atoms. The van der Waals surface area contributed by atoms with E-state index in [1.54, 1.807) is 9.58 Å². The highest BCUT2D eigenvalue weighted by molar-refractivity contribution is 5.76. The first-order valence-corrected chi connectivity index (χ1v) is 7.78. The molecule has 1 aliphatic heterocycles. The van der Waals surface area contributed by atoms with Crippen LogP contribution in [-0.4, -0.2) is 57.0 Å². The molecule has 1 aromatic carbocycles. The van der Waals surface area contributed by atoms with E-state index in [9.17, 15) is 9.59 Å². The predicted molar refractivity (Wildman–Crippen MR) is 90.9 cm³/mol. The number of carbonyl (C=O) groups is 1. The lowest BCUT2D eigenvalue weighted by Crippen LogP contribution is -2.57. The minimum absolute atomic E-state index is 0.00722. The number of amides is 1. The number of ether oxygens (including phenoxy) is 1. The summed E-state index contributed by atoms with van der Waals surface area (Å²) in [6.45, 7) is 0.985. The minimum atomic E-state index is -0.364. The van der Waals surface area contributed by atoms with Gasteiger partial charge in [0.15, 0.2) is 5.65 Å². The molecule has 0 spiro atoms. The summed E-state index contributed by atoms with van der Waals surface area (Å²) in [7, 11) is 1.35. The Balaban J connectivity index is 1.61. The van der Waals surface area contributed by atoms with Gasteiger partial charge in [-0.1, -0.05) is 18.2 Å². The molecule has 0 radical (unpaired) electrons. The molecule has 2 aromatic heterocycles. The maximum absolute atomic E-state index is 12.3. The molecule has 3 aromatic rings. The van der Waals surface area contributed by atoms with Gasteiger partial charge in [-0.25, -0.2) is 9.48 Å². The number of carbonyl (C=O) groups excluding carboxylic acids is 1. The molecule has 1 saturated heterocycles. The summed E-state index contributed by atoms with van der Waals surface area (Å²) in [5.74, 6) is 0.352. The predicted octanol–water partition coefficient (Wildman–Crippen LogP) is 0.971. The SMILES string of the molecule is COC(=O)N1CC(Nc2nc3c(cnn3-c3ccccc3)c(=O)[nH]2)C1. The Morgan fingerprint density at radius 1 is 1.32 bits per heavy atom. The highest BCUT2D eigenvalue weighted by Gasteiger charge is 2.31. The second-order valence-corrected chi connectivity index (χ2v) is 5.76. The van der Waals surface area contributed by atoms with Crippen LogP contribution in [0.15, 0.2) is 41.3 Å². The zero-order valence-electron chi connectivity index (χ0n) is 13.5. The van der Waals surface area contributed by atoms with Gasteiger partial charge in [-0.2, -0.15) is 10.1 Å². The van der Waals surface area contributed by atoms with Crippen molar-refractivity contribution in [3.05, 3.63) is 46.9 Å². The van der Waals surface area contributed by atoms with Crippen LogP contribution in [0.3, 0.4) is 0 Å². The molecular weight excluding hydrogens is 324 g/mol. The first-order valence-electron chi connectivity index (χ1n) is 7.78. The van der Waals surface area contributed by atoms with Gasteiger partial charge in [-0.15, -0.1) is 0 Å². The molecule has 25 heavy (non-hydrogen) atoms. The fourth-order valence-corrected chi connectivity index (χ4v) is 2.79. The van der Waals surface area contributed by atoms with E-state index in [0.29, 0.717) is 30.1 Å². The van der Waals surface area contributed by atoms with Crippen molar-refractivity contribution in [1.82, 2.24) is 24.6 Å². The highest BCUT2D eigenvalue weighted by atomic mass is 16.5. The third-order valence-corrected chi connectivity index (χ3v) is 4.09. The Hall–Kier alpha value is -3.36. The van der Waals surface area contributed by atoms with Gasteiger partial charge in [0.05, 0.1) is 25.0 Å². The van der Waals surface area contributed by atoms with Crippen LogP contribution in [0.1, 0.15) is 0 Å². The van der Waals surface area contributed by atoms with Gasteiger partial charge in [-0.05, 0) is 12.1 Å². The first kappa shape index (κ1) is 15.2. The number of fused-ring (bicyclic) bond motifs is 1. The van der Waals surface area contributed by atoms with Gasteiger partial charge in [0, 0.05) is 13.1 Å². The van der Waals surface area contributed by atoms with Crippen molar-refractivity contribution in [3.63, 3.8) is 0 Å². The molecule has 4 rings (SSSR count). The van der Waals surface area contributed by atoms with Gasteiger partial charge in [0.2, 0.25) is 5.95 Å². The molecule has 0 saturated carbocycles. The van der Waals surface area contributed by atoms with E-state index in [0.717, 1.165) is 5.69 Å². The Labute approximate surface area is 142 Å². The Bertz CT molecular complexity index is 974. The number of methoxy groups -OCH3 is 1. The summed E-state index contributed by atoms with van der Waals surface area (Å²) in [6.07, 6.45) is 1.14. The van der Waals surface area contributed by atoms with E-state index in [-0.39, 0.29) is 17.7 Å². The van der Waals surface area contributed by atoms with Crippen LogP contribution in [0.2, 0.25) is 0 Å². The van der Waals surface area contributed by atoms with E-state index < -0.39 is 0 Å². The maximum Gasteiger partial charge on any atom is 0.409 e. The van der Waals surface area contributed by atoms with E-state index in [1.165, 1.54) is 13.3 Å². The second kappa shape index (κ2) is 5.93. The number of nitrogens with zero attached hydrogens (tertiary/aromatic N) is 4. The number of hydrogen-bond acceptors (Lipinski definition) is 6. The Morgan fingerprint density at radius 2 is 2.08 bits per heavy atom. The molecule has 3 heterocycles. The van der Waals surface area contributed by atoms with Crippen molar-refractivity contribution >= 4 is 23.1 Å². The monoisotopic (exact) mass is 340 g/mol. The number of nitrogens with one attached hydrogen (secondary N) is 2. The standard InChI is InChI=1S/C16H16N6O3/c1-25-16(24)21-8-10(9-21)18-15-19-13-12(14(23)20-15)7-17-22(13)11-5-3-2-4-6-11/h2-7,10H,8-9H2,1H3,(H2,18,19,20,23). The average Bonchev–Trinajstić information content (AvgIpc) is 3.02. The summed E-state index contributed by atoms with van der Waals surface area (Å²) < 4.78 is 6.28. The van der Waals surface area contributed by atoms with Crippen LogP contribution in [0, 0.1) is 0 Å². The Morgan fingerprint density at radius 3 is 2.80 bits per heavy atom. The topological polar surface area (TPSA) is 105 Å². The van der Waals surface area contributed by atoms with Crippen molar-refractivity contribution in [2.45, 2.75) is 6.04 Å². The number of rotatable bonds is 3. The molecule has 0 unspecified atom stereocenters. The zero-order valence-corrected chi connectivity index (χ0v) is 13.5. The number of anilines is 1. The third-order valence-electron chi connectivity index (χ3n) is 4.09. The van der Waals surface area contributed by atoms with Gasteiger partial charge < -0.3 is 15.0 Å². The Kier molecular flexibility index (Phi) is 3.60. The van der Waals surface area contributed by atoms with Gasteiger partial charge in [0.1, 0.15) is 5.39 Å². The molecule has 0 aliphatic carbocycles. The van der Waals surface area contributed by atoms with Crippen LogP contribution in [0.5, 0.6) is 0 Å². The van der Waals surface area contributed by atoms with E-state index in [1.807, 2.05) is 30.3 Å². The lowest BCUT2D eigenvalue weighted by atomic mass is 10.1.